The lowest BCUT2D eigenvalue weighted by molar-refractivity contribution is -0.131. The van der Waals surface area contributed by atoms with Crippen molar-refractivity contribution in [2.24, 2.45) is 0 Å². The lowest BCUT2D eigenvalue weighted by Crippen LogP contribution is -2.43. The Morgan fingerprint density at radius 1 is 1.19 bits per heavy atom. The molecule has 90 valence electrons. The molecule has 0 spiro atoms. The summed E-state index contributed by atoms with van der Waals surface area (Å²) in [6.45, 7) is 0.190. The first-order valence-electron chi connectivity index (χ1n) is 5.43. The summed E-state index contributed by atoms with van der Waals surface area (Å²) in [4.78, 5) is 21.3. The van der Waals surface area contributed by atoms with Gasteiger partial charge in [0.1, 0.15) is 0 Å². The molecule has 16 heavy (non-hydrogen) atoms. The average molecular weight is 227 g/mol. The van der Waals surface area contributed by atoms with Crippen LogP contribution in [-0.4, -0.2) is 34.2 Å². The molecule has 0 aliphatic heterocycles. The van der Waals surface area contributed by atoms with Gasteiger partial charge in [0.05, 0.1) is 5.60 Å². The third-order valence-electron chi connectivity index (χ3n) is 2.75. The normalized spacial score (nSPS) is 19.6. The van der Waals surface area contributed by atoms with Gasteiger partial charge in [-0.2, -0.15) is 0 Å². The van der Waals surface area contributed by atoms with Gasteiger partial charge in [-0.3, -0.25) is 4.79 Å². The fourth-order valence-corrected chi connectivity index (χ4v) is 1.84. The second kappa shape index (κ2) is 5.65. The van der Waals surface area contributed by atoms with Crippen LogP contribution in [0.15, 0.2) is 12.2 Å². The number of rotatable bonds is 4. The molecule has 0 aromatic carbocycles. The van der Waals surface area contributed by atoms with Crippen LogP contribution in [0.3, 0.4) is 0 Å². The third-order valence-corrected chi connectivity index (χ3v) is 2.75. The molecule has 0 unspecified atom stereocenters. The number of hydrogen-bond donors (Lipinski definition) is 3. The van der Waals surface area contributed by atoms with Crippen molar-refractivity contribution in [3.05, 3.63) is 12.2 Å². The zero-order valence-corrected chi connectivity index (χ0v) is 9.11. The summed E-state index contributed by atoms with van der Waals surface area (Å²) >= 11 is 0. The van der Waals surface area contributed by atoms with E-state index < -0.39 is 17.5 Å². The van der Waals surface area contributed by atoms with Crippen molar-refractivity contribution in [1.82, 2.24) is 5.32 Å². The topological polar surface area (TPSA) is 86.6 Å². The SMILES string of the molecule is O=C(O)C=CC(=O)NCC1(O)CCCCC1. The Kier molecular flexibility index (Phi) is 4.49. The van der Waals surface area contributed by atoms with Gasteiger partial charge in [-0.05, 0) is 12.8 Å². The van der Waals surface area contributed by atoms with Gasteiger partial charge in [-0.15, -0.1) is 0 Å². The first-order chi connectivity index (χ1) is 7.52. The van der Waals surface area contributed by atoms with E-state index >= 15 is 0 Å². The van der Waals surface area contributed by atoms with Gasteiger partial charge >= 0.3 is 5.97 Å². The largest absolute Gasteiger partial charge is 0.478 e. The predicted molar refractivity (Wildman–Crippen MR) is 57.8 cm³/mol. The van der Waals surface area contributed by atoms with Crippen LogP contribution in [-0.2, 0) is 9.59 Å². The number of hydrogen-bond acceptors (Lipinski definition) is 3. The van der Waals surface area contributed by atoms with Gasteiger partial charge in [0.2, 0.25) is 5.91 Å². The summed E-state index contributed by atoms with van der Waals surface area (Å²) in [5.74, 6) is -1.65. The van der Waals surface area contributed by atoms with Gasteiger partial charge in [0, 0.05) is 18.7 Å². The van der Waals surface area contributed by atoms with E-state index in [9.17, 15) is 14.7 Å². The third kappa shape index (κ3) is 4.44. The molecule has 0 radical (unpaired) electrons. The lowest BCUT2D eigenvalue weighted by Gasteiger charge is -2.31. The van der Waals surface area contributed by atoms with E-state index in [1.54, 1.807) is 0 Å². The second-order valence-corrected chi connectivity index (χ2v) is 4.17. The van der Waals surface area contributed by atoms with Crippen molar-refractivity contribution in [1.29, 1.82) is 0 Å². The average Bonchev–Trinajstić information content (AvgIpc) is 2.25. The number of aliphatic hydroxyl groups is 1. The highest BCUT2D eigenvalue weighted by Gasteiger charge is 2.29. The molecule has 1 aliphatic rings. The molecule has 0 aromatic rings. The molecule has 1 aliphatic carbocycles. The summed E-state index contributed by atoms with van der Waals surface area (Å²) in [5, 5.41) is 20.9. The molecule has 5 heteroatoms. The molecule has 1 saturated carbocycles. The van der Waals surface area contributed by atoms with Gasteiger partial charge in [0.25, 0.3) is 0 Å². The van der Waals surface area contributed by atoms with Crippen LogP contribution in [0, 0.1) is 0 Å². The highest BCUT2D eigenvalue weighted by molar-refractivity contribution is 5.93. The van der Waals surface area contributed by atoms with Crippen LogP contribution in [0.4, 0.5) is 0 Å². The highest BCUT2D eigenvalue weighted by atomic mass is 16.4. The molecule has 1 fully saturated rings. The Morgan fingerprint density at radius 3 is 2.38 bits per heavy atom. The number of carbonyl (C=O) groups excluding carboxylic acids is 1. The molecule has 0 saturated heterocycles. The van der Waals surface area contributed by atoms with E-state index in [1.165, 1.54) is 0 Å². The zero-order valence-electron chi connectivity index (χ0n) is 9.11. The van der Waals surface area contributed by atoms with Crippen LogP contribution < -0.4 is 5.32 Å². The number of nitrogens with one attached hydrogen (secondary N) is 1. The fourth-order valence-electron chi connectivity index (χ4n) is 1.84. The van der Waals surface area contributed by atoms with E-state index in [1.807, 2.05) is 0 Å². The number of carboxylic acids is 1. The number of carbonyl (C=O) groups is 2. The quantitative estimate of drug-likeness (QED) is 0.608. The lowest BCUT2D eigenvalue weighted by atomic mass is 9.85. The van der Waals surface area contributed by atoms with E-state index in [4.69, 9.17) is 5.11 Å². The first-order valence-corrected chi connectivity index (χ1v) is 5.43. The molecule has 3 N–H and O–H groups in total. The van der Waals surface area contributed by atoms with E-state index in [0.717, 1.165) is 31.4 Å². The molecule has 1 amide bonds. The molecule has 0 aromatic heterocycles. The summed E-state index contributed by atoms with van der Waals surface area (Å²) in [6.07, 6.45) is 6.17. The molecule has 5 nitrogen and oxygen atoms in total. The highest BCUT2D eigenvalue weighted by Crippen LogP contribution is 2.27. The summed E-state index contributed by atoms with van der Waals surface area (Å²) in [5.41, 5.74) is -0.815. The summed E-state index contributed by atoms with van der Waals surface area (Å²) in [6, 6.07) is 0. The Labute approximate surface area is 94.2 Å². The Hall–Kier alpha value is -1.36. The van der Waals surface area contributed by atoms with Crippen molar-refractivity contribution in [3.8, 4) is 0 Å². The smallest absolute Gasteiger partial charge is 0.328 e. The van der Waals surface area contributed by atoms with Crippen LogP contribution in [0.1, 0.15) is 32.1 Å². The molecule has 1 rings (SSSR count). The van der Waals surface area contributed by atoms with Crippen molar-refractivity contribution in [2.45, 2.75) is 37.7 Å². The minimum Gasteiger partial charge on any atom is -0.478 e. The van der Waals surface area contributed by atoms with Gasteiger partial charge < -0.3 is 15.5 Å². The minimum absolute atomic E-state index is 0.190. The molecule has 0 bridgehead atoms. The van der Waals surface area contributed by atoms with E-state index in [2.05, 4.69) is 5.32 Å². The summed E-state index contributed by atoms with van der Waals surface area (Å²) < 4.78 is 0. The van der Waals surface area contributed by atoms with Gasteiger partial charge in [0.15, 0.2) is 0 Å². The maximum absolute atomic E-state index is 11.2. The fraction of sp³-hybridized carbons (Fsp3) is 0.636. The van der Waals surface area contributed by atoms with E-state index in [0.29, 0.717) is 12.8 Å². The Morgan fingerprint density at radius 2 is 1.81 bits per heavy atom. The first kappa shape index (κ1) is 12.7. The van der Waals surface area contributed by atoms with Crippen LogP contribution >= 0.6 is 0 Å². The molecule has 0 heterocycles. The van der Waals surface area contributed by atoms with Crippen LogP contribution in [0.25, 0.3) is 0 Å². The Balaban J connectivity index is 2.32. The van der Waals surface area contributed by atoms with Crippen molar-refractivity contribution >= 4 is 11.9 Å². The minimum atomic E-state index is -1.16. The number of amides is 1. The Bertz CT molecular complexity index is 292. The van der Waals surface area contributed by atoms with E-state index in [-0.39, 0.29) is 6.54 Å². The maximum Gasteiger partial charge on any atom is 0.328 e. The monoisotopic (exact) mass is 227 g/mol. The van der Waals surface area contributed by atoms with Crippen LogP contribution in [0.2, 0.25) is 0 Å². The standard InChI is InChI=1S/C11H17NO4/c13-9(4-5-10(14)15)12-8-11(16)6-2-1-3-7-11/h4-5,16H,1-3,6-8H2,(H,12,13)(H,14,15). The van der Waals surface area contributed by atoms with Gasteiger partial charge in [-0.25, -0.2) is 4.79 Å². The molecular weight excluding hydrogens is 210 g/mol. The zero-order chi connectivity index (χ0) is 12.0. The van der Waals surface area contributed by atoms with Crippen molar-refractivity contribution in [2.75, 3.05) is 6.54 Å². The van der Waals surface area contributed by atoms with Crippen LogP contribution in [0.5, 0.6) is 0 Å². The predicted octanol–water partition coefficient (Wildman–Crippen LogP) is 0.439. The summed E-state index contributed by atoms with van der Waals surface area (Å²) in [7, 11) is 0. The van der Waals surface area contributed by atoms with Gasteiger partial charge in [-0.1, -0.05) is 19.3 Å². The number of aliphatic carboxylic acids is 1. The van der Waals surface area contributed by atoms with Crippen molar-refractivity contribution in [3.63, 3.8) is 0 Å². The molecular formula is C11H17NO4. The molecule has 0 atom stereocenters. The second-order valence-electron chi connectivity index (χ2n) is 4.17. The number of carboxylic acid groups (broad SMARTS) is 1. The maximum atomic E-state index is 11.2. The van der Waals surface area contributed by atoms with Crippen molar-refractivity contribution < 1.29 is 19.8 Å².